The lowest BCUT2D eigenvalue weighted by Gasteiger charge is -2.60. The number of hydrogen-bond acceptors (Lipinski definition) is 7. The zero-order chi connectivity index (χ0) is 24.9. The molecule has 0 bridgehead atoms. The van der Waals surface area contributed by atoms with Gasteiger partial charge in [0.2, 0.25) is 5.78 Å². The van der Waals surface area contributed by atoms with Gasteiger partial charge in [-0.05, 0) is 61.7 Å². The average Bonchev–Trinajstić information content (AvgIpc) is 3.07. The molecule has 2 N–H and O–H groups in total. The lowest BCUT2D eigenvalue weighted by atomic mass is 9.46. The summed E-state index contributed by atoms with van der Waals surface area (Å²) in [5.74, 6) is -1.74. The standard InChI is InChI=1S/C26H35FO7/c1-4-5-10-33-23(32)34-26(21(31)14-28)9-7-17-16-12-19(27)18-11-15(29)6-8-24(18,2)22(16)20(30)13-25(17,26)3/h6,8,11,16-17,19-20,22,28,30H,4-5,7,9-10,12-14H2,1-3H3/t16-,17-,19-,20?,22+,24-,25-,26-/m0/s1. The van der Waals surface area contributed by atoms with Crippen LogP contribution in [0.5, 0.6) is 0 Å². The van der Waals surface area contributed by atoms with E-state index in [2.05, 4.69) is 0 Å². The molecule has 0 saturated heterocycles. The van der Waals surface area contributed by atoms with Crippen molar-refractivity contribution in [2.75, 3.05) is 13.2 Å². The summed E-state index contributed by atoms with van der Waals surface area (Å²) in [6.07, 6.45) is 3.67. The van der Waals surface area contributed by atoms with E-state index >= 15 is 4.39 Å². The van der Waals surface area contributed by atoms with Crippen LogP contribution in [0.1, 0.15) is 59.3 Å². The number of hydrogen-bond donors (Lipinski definition) is 2. The quantitative estimate of drug-likeness (QED) is 0.444. The number of aliphatic hydroxyl groups excluding tert-OH is 2. The van der Waals surface area contributed by atoms with Crippen LogP contribution in [0.4, 0.5) is 9.18 Å². The normalized spacial score (nSPS) is 42.8. The summed E-state index contributed by atoms with van der Waals surface area (Å²) in [5.41, 5.74) is -3.07. The molecule has 8 atom stereocenters. The maximum absolute atomic E-state index is 15.5. The highest BCUT2D eigenvalue weighted by atomic mass is 19.1. The highest BCUT2D eigenvalue weighted by Crippen LogP contribution is 2.68. The molecular weight excluding hydrogens is 443 g/mol. The molecule has 0 aliphatic heterocycles. The van der Waals surface area contributed by atoms with Crippen LogP contribution >= 0.6 is 0 Å². The first kappa shape index (κ1) is 25.0. The van der Waals surface area contributed by atoms with E-state index in [9.17, 15) is 24.6 Å². The minimum Gasteiger partial charge on any atom is -0.434 e. The van der Waals surface area contributed by atoms with Crippen molar-refractivity contribution < 1.29 is 38.5 Å². The summed E-state index contributed by atoms with van der Waals surface area (Å²) in [6, 6.07) is 0. The number of fused-ring (bicyclic) bond motifs is 5. The highest BCUT2D eigenvalue weighted by molar-refractivity contribution is 6.01. The summed E-state index contributed by atoms with van der Waals surface area (Å²) in [6.45, 7) is 4.97. The molecule has 4 rings (SSSR count). The Balaban J connectivity index is 1.70. The smallest absolute Gasteiger partial charge is 0.434 e. The van der Waals surface area contributed by atoms with Crippen LogP contribution in [-0.4, -0.2) is 59.0 Å². The van der Waals surface area contributed by atoms with Crippen LogP contribution in [0.3, 0.4) is 0 Å². The first-order valence-corrected chi connectivity index (χ1v) is 12.3. The second-order valence-corrected chi connectivity index (χ2v) is 10.8. The number of alkyl halides is 1. The molecule has 0 heterocycles. The number of carbonyl (C=O) groups is 3. The van der Waals surface area contributed by atoms with Gasteiger partial charge in [0, 0.05) is 16.7 Å². The molecule has 3 saturated carbocycles. The Morgan fingerprint density at radius 2 is 2.03 bits per heavy atom. The number of rotatable bonds is 6. The second-order valence-electron chi connectivity index (χ2n) is 10.8. The lowest BCUT2D eigenvalue weighted by molar-refractivity contribution is -0.185. The molecule has 188 valence electrons. The van der Waals surface area contributed by atoms with E-state index in [1.807, 2.05) is 13.8 Å². The van der Waals surface area contributed by atoms with Gasteiger partial charge in [0.25, 0.3) is 0 Å². The van der Waals surface area contributed by atoms with Crippen molar-refractivity contribution in [1.82, 2.24) is 0 Å². The molecule has 0 aromatic carbocycles. The van der Waals surface area contributed by atoms with Crippen molar-refractivity contribution in [2.45, 2.75) is 77.2 Å². The van der Waals surface area contributed by atoms with Crippen molar-refractivity contribution in [3.05, 3.63) is 23.8 Å². The van der Waals surface area contributed by atoms with Crippen LogP contribution in [0.2, 0.25) is 0 Å². The Labute approximate surface area is 199 Å². The van der Waals surface area contributed by atoms with Crippen molar-refractivity contribution >= 4 is 17.7 Å². The molecule has 4 aliphatic carbocycles. The van der Waals surface area contributed by atoms with E-state index in [4.69, 9.17) is 9.47 Å². The molecule has 0 aromatic heterocycles. The zero-order valence-corrected chi connectivity index (χ0v) is 20.1. The van der Waals surface area contributed by atoms with Gasteiger partial charge in [0.15, 0.2) is 11.4 Å². The number of unbranched alkanes of at least 4 members (excludes halogenated alkanes) is 1. The zero-order valence-electron chi connectivity index (χ0n) is 20.1. The SMILES string of the molecule is CCCCOC(=O)O[C@]1(C(=O)CO)CC[C@H]2[C@@H]3C[C@H](F)C4=CC(=O)C=C[C@]4(C)[C@H]3C(O)C[C@@]21C. The Morgan fingerprint density at radius 3 is 2.71 bits per heavy atom. The van der Waals surface area contributed by atoms with Crippen LogP contribution in [0, 0.1) is 28.6 Å². The van der Waals surface area contributed by atoms with Crippen molar-refractivity contribution in [3.8, 4) is 0 Å². The Kier molecular flexibility index (Phi) is 6.53. The highest BCUT2D eigenvalue weighted by Gasteiger charge is 2.71. The van der Waals surface area contributed by atoms with E-state index in [0.717, 1.165) is 6.42 Å². The van der Waals surface area contributed by atoms with Crippen molar-refractivity contribution in [3.63, 3.8) is 0 Å². The predicted molar refractivity (Wildman–Crippen MR) is 120 cm³/mol. The summed E-state index contributed by atoms with van der Waals surface area (Å²) < 4.78 is 26.4. The summed E-state index contributed by atoms with van der Waals surface area (Å²) in [5, 5.41) is 21.3. The summed E-state index contributed by atoms with van der Waals surface area (Å²) >= 11 is 0. The van der Waals surface area contributed by atoms with Gasteiger partial charge >= 0.3 is 6.16 Å². The average molecular weight is 479 g/mol. The minimum atomic E-state index is -1.65. The maximum Gasteiger partial charge on any atom is 0.509 e. The second kappa shape index (κ2) is 8.86. The first-order valence-electron chi connectivity index (χ1n) is 12.3. The molecule has 0 amide bonds. The number of carbonyl (C=O) groups excluding carboxylic acids is 3. The number of Topliss-reactive ketones (excluding diaryl/α,β-unsaturated/α-hetero) is 1. The van der Waals surface area contributed by atoms with Gasteiger partial charge in [0.1, 0.15) is 12.8 Å². The predicted octanol–water partition coefficient (Wildman–Crippen LogP) is 3.47. The van der Waals surface area contributed by atoms with E-state index in [1.54, 1.807) is 13.0 Å². The fraction of sp³-hybridized carbons (Fsp3) is 0.731. The lowest BCUT2D eigenvalue weighted by Crippen LogP contribution is -2.63. The molecule has 8 heteroatoms. The van der Waals surface area contributed by atoms with Gasteiger partial charge < -0.3 is 19.7 Å². The fourth-order valence-electron chi connectivity index (χ4n) is 7.60. The van der Waals surface area contributed by atoms with E-state index < -0.39 is 47.3 Å². The monoisotopic (exact) mass is 478 g/mol. The van der Waals surface area contributed by atoms with Gasteiger partial charge in [-0.1, -0.05) is 33.3 Å². The van der Waals surface area contributed by atoms with Gasteiger partial charge in [-0.15, -0.1) is 0 Å². The number of aliphatic hydroxyl groups is 2. The molecule has 4 aliphatic rings. The molecule has 34 heavy (non-hydrogen) atoms. The van der Waals surface area contributed by atoms with Gasteiger partial charge in [-0.25, -0.2) is 9.18 Å². The molecule has 0 aromatic rings. The third-order valence-corrected chi connectivity index (χ3v) is 9.17. The number of allylic oxidation sites excluding steroid dienone is 4. The number of ether oxygens (including phenoxy) is 2. The minimum absolute atomic E-state index is 0.120. The third-order valence-electron chi connectivity index (χ3n) is 9.17. The number of ketones is 2. The topological polar surface area (TPSA) is 110 Å². The van der Waals surface area contributed by atoms with Crippen LogP contribution in [0.25, 0.3) is 0 Å². The molecular formula is C26H35FO7. The Morgan fingerprint density at radius 1 is 1.29 bits per heavy atom. The fourth-order valence-corrected chi connectivity index (χ4v) is 7.60. The molecule has 3 fully saturated rings. The van der Waals surface area contributed by atoms with E-state index in [1.165, 1.54) is 12.2 Å². The summed E-state index contributed by atoms with van der Waals surface area (Å²) in [7, 11) is 0. The van der Waals surface area contributed by atoms with E-state index in [-0.39, 0.29) is 49.4 Å². The number of halogens is 1. The third kappa shape index (κ3) is 3.56. The largest absolute Gasteiger partial charge is 0.509 e. The van der Waals surface area contributed by atoms with Gasteiger partial charge in [0.05, 0.1) is 12.7 Å². The molecule has 1 unspecified atom stereocenters. The Bertz CT molecular complexity index is 928. The van der Waals surface area contributed by atoms with Crippen molar-refractivity contribution in [1.29, 1.82) is 0 Å². The summed E-state index contributed by atoms with van der Waals surface area (Å²) in [4.78, 5) is 37.6. The van der Waals surface area contributed by atoms with Crippen LogP contribution < -0.4 is 0 Å². The molecule has 0 radical (unpaired) electrons. The molecule has 0 spiro atoms. The van der Waals surface area contributed by atoms with Crippen LogP contribution in [-0.2, 0) is 19.1 Å². The molecule has 7 nitrogen and oxygen atoms in total. The van der Waals surface area contributed by atoms with E-state index in [0.29, 0.717) is 18.4 Å². The van der Waals surface area contributed by atoms with Gasteiger partial charge in [-0.3, -0.25) is 9.59 Å². The Hall–Kier alpha value is -2.06. The van der Waals surface area contributed by atoms with Crippen molar-refractivity contribution in [2.24, 2.45) is 28.6 Å². The maximum atomic E-state index is 15.5. The van der Waals surface area contributed by atoms with Crippen LogP contribution in [0.15, 0.2) is 23.8 Å². The first-order chi connectivity index (χ1) is 16.0. The van der Waals surface area contributed by atoms with Gasteiger partial charge in [-0.2, -0.15) is 0 Å².